The maximum absolute atomic E-state index is 11.8. The molecule has 0 bridgehead atoms. The van der Waals surface area contributed by atoms with E-state index in [1.165, 1.54) is 24.3 Å². The summed E-state index contributed by atoms with van der Waals surface area (Å²) in [5.41, 5.74) is 1.65. The van der Waals surface area contributed by atoms with Crippen LogP contribution in [0.3, 0.4) is 0 Å². The standard InChI is InChI=1S/C18H17NO5/c1-23-16-8-4-13(5-9-16)10-19-17(21)12-24-18(22)15-6-2-14(11-20)3-7-15/h2-9,11H,10,12H2,1H3,(H,19,21). The van der Waals surface area contributed by atoms with E-state index in [4.69, 9.17) is 9.47 Å². The van der Waals surface area contributed by atoms with Crippen LogP contribution in [0.15, 0.2) is 48.5 Å². The molecular formula is C18H17NO5. The molecule has 2 aromatic rings. The number of hydrogen-bond acceptors (Lipinski definition) is 5. The first-order valence-electron chi connectivity index (χ1n) is 7.24. The van der Waals surface area contributed by atoms with Crippen LogP contribution in [0.25, 0.3) is 0 Å². The van der Waals surface area contributed by atoms with Crippen LogP contribution in [-0.2, 0) is 16.1 Å². The van der Waals surface area contributed by atoms with Crippen LogP contribution in [-0.4, -0.2) is 31.9 Å². The van der Waals surface area contributed by atoms with Gasteiger partial charge in [-0.2, -0.15) is 0 Å². The van der Waals surface area contributed by atoms with Gasteiger partial charge < -0.3 is 14.8 Å². The first kappa shape index (κ1) is 17.2. The highest BCUT2D eigenvalue weighted by Crippen LogP contribution is 2.11. The second-order valence-corrected chi connectivity index (χ2v) is 4.94. The number of amides is 1. The van der Waals surface area contributed by atoms with Crippen molar-refractivity contribution in [2.75, 3.05) is 13.7 Å². The van der Waals surface area contributed by atoms with E-state index >= 15 is 0 Å². The molecule has 0 aliphatic heterocycles. The normalized spacial score (nSPS) is 9.88. The minimum absolute atomic E-state index is 0.281. The summed E-state index contributed by atoms with van der Waals surface area (Å²) in [4.78, 5) is 34.1. The Labute approximate surface area is 139 Å². The molecule has 0 aliphatic carbocycles. The van der Waals surface area contributed by atoms with E-state index in [2.05, 4.69) is 5.32 Å². The summed E-state index contributed by atoms with van der Waals surface area (Å²) in [6.45, 7) is -0.0428. The maximum atomic E-state index is 11.8. The number of nitrogens with one attached hydrogen (secondary N) is 1. The van der Waals surface area contributed by atoms with Crippen molar-refractivity contribution in [1.29, 1.82) is 0 Å². The van der Waals surface area contributed by atoms with Gasteiger partial charge in [0, 0.05) is 12.1 Å². The summed E-state index contributed by atoms with van der Waals surface area (Å²) in [5, 5.41) is 2.66. The fourth-order valence-corrected chi connectivity index (χ4v) is 1.91. The number of carbonyl (C=O) groups is 3. The average molecular weight is 327 g/mol. The number of carbonyl (C=O) groups excluding carboxylic acids is 3. The van der Waals surface area contributed by atoms with Gasteiger partial charge in [-0.1, -0.05) is 24.3 Å². The molecule has 2 aromatic carbocycles. The fraction of sp³-hybridized carbons (Fsp3) is 0.167. The Balaban J connectivity index is 1.77. The highest BCUT2D eigenvalue weighted by atomic mass is 16.5. The molecule has 6 heteroatoms. The molecule has 1 amide bonds. The lowest BCUT2D eigenvalue weighted by molar-refractivity contribution is -0.124. The van der Waals surface area contributed by atoms with Crippen LogP contribution in [0.2, 0.25) is 0 Å². The molecule has 0 aliphatic rings. The van der Waals surface area contributed by atoms with E-state index in [9.17, 15) is 14.4 Å². The minimum Gasteiger partial charge on any atom is -0.497 e. The Kier molecular flexibility index (Phi) is 6.08. The zero-order chi connectivity index (χ0) is 17.4. The number of hydrogen-bond donors (Lipinski definition) is 1. The molecule has 0 heterocycles. The van der Waals surface area contributed by atoms with Crippen LogP contribution in [0.4, 0.5) is 0 Å². The van der Waals surface area contributed by atoms with Crippen molar-refractivity contribution in [3.63, 3.8) is 0 Å². The van der Waals surface area contributed by atoms with Crippen LogP contribution >= 0.6 is 0 Å². The Morgan fingerprint density at radius 1 is 1.04 bits per heavy atom. The maximum Gasteiger partial charge on any atom is 0.338 e. The van der Waals surface area contributed by atoms with Gasteiger partial charge in [-0.05, 0) is 29.8 Å². The first-order chi connectivity index (χ1) is 11.6. The third kappa shape index (κ3) is 4.95. The van der Waals surface area contributed by atoms with Crippen molar-refractivity contribution < 1.29 is 23.9 Å². The highest BCUT2D eigenvalue weighted by Gasteiger charge is 2.10. The molecule has 0 fully saturated rings. The van der Waals surface area contributed by atoms with Crippen molar-refractivity contribution in [2.24, 2.45) is 0 Å². The smallest absolute Gasteiger partial charge is 0.338 e. The molecular weight excluding hydrogens is 310 g/mol. The molecule has 0 atom stereocenters. The van der Waals surface area contributed by atoms with Gasteiger partial charge in [-0.3, -0.25) is 9.59 Å². The lowest BCUT2D eigenvalue weighted by atomic mass is 10.1. The number of ether oxygens (including phenoxy) is 2. The predicted molar refractivity (Wildman–Crippen MR) is 87.0 cm³/mol. The highest BCUT2D eigenvalue weighted by molar-refractivity contribution is 5.92. The van der Waals surface area contributed by atoms with E-state index in [0.29, 0.717) is 18.4 Å². The van der Waals surface area contributed by atoms with Crippen molar-refractivity contribution >= 4 is 18.2 Å². The molecule has 0 unspecified atom stereocenters. The average Bonchev–Trinajstić information content (AvgIpc) is 2.64. The zero-order valence-electron chi connectivity index (χ0n) is 13.2. The molecule has 0 radical (unpaired) electrons. The number of aldehydes is 1. The van der Waals surface area contributed by atoms with E-state index < -0.39 is 11.9 Å². The van der Waals surface area contributed by atoms with Crippen molar-refractivity contribution in [1.82, 2.24) is 5.32 Å². The Morgan fingerprint density at radius 3 is 2.29 bits per heavy atom. The topological polar surface area (TPSA) is 81.7 Å². The second-order valence-electron chi connectivity index (χ2n) is 4.94. The van der Waals surface area contributed by atoms with Gasteiger partial charge in [0.05, 0.1) is 12.7 Å². The Hall–Kier alpha value is -3.15. The second kappa shape index (κ2) is 8.47. The van der Waals surface area contributed by atoms with E-state index in [0.717, 1.165) is 11.3 Å². The van der Waals surface area contributed by atoms with Crippen molar-refractivity contribution in [3.05, 3.63) is 65.2 Å². The summed E-state index contributed by atoms with van der Waals surface area (Å²) in [5.74, 6) is -0.282. The SMILES string of the molecule is COc1ccc(CNC(=O)COC(=O)c2ccc(C=O)cc2)cc1. The van der Waals surface area contributed by atoms with Gasteiger partial charge in [0.15, 0.2) is 6.61 Å². The Morgan fingerprint density at radius 2 is 1.71 bits per heavy atom. The third-order valence-corrected chi connectivity index (χ3v) is 3.27. The molecule has 6 nitrogen and oxygen atoms in total. The molecule has 24 heavy (non-hydrogen) atoms. The van der Waals surface area contributed by atoms with E-state index in [1.54, 1.807) is 19.2 Å². The predicted octanol–water partition coefficient (Wildman–Crippen LogP) is 1.98. The van der Waals surface area contributed by atoms with Gasteiger partial charge >= 0.3 is 5.97 Å². The number of rotatable bonds is 7. The lowest BCUT2D eigenvalue weighted by Gasteiger charge is -2.07. The molecule has 1 N–H and O–H groups in total. The number of esters is 1. The van der Waals surface area contributed by atoms with Crippen molar-refractivity contribution in [2.45, 2.75) is 6.54 Å². The van der Waals surface area contributed by atoms with Gasteiger partial charge in [-0.25, -0.2) is 4.79 Å². The monoisotopic (exact) mass is 327 g/mol. The molecule has 2 rings (SSSR count). The number of methoxy groups -OCH3 is 1. The summed E-state index contributed by atoms with van der Waals surface area (Å²) in [6.07, 6.45) is 0.682. The minimum atomic E-state index is -0.618. The quantitative estimate of drug-likeness (QED) is 0.621. The summed E-state index contributed by atoms with van der Waals surface area (Å²) in [7, 11) is 1.58. The Bertz CT molecular complexity index is 707. The summed E-state index contributed by atoms with van der Waals surface area (Å²) in [6, 6.07) is 13.2. The lowest BCUT2D eigenvalue weighted by Crippen LogP contribution is -2.28. The molecule has 0 spiro atoms. The van der Waals surface area contributed by atoms with Crippen LogP contribution < -0.4 is 10.1 Å². The largest absolute Gasteiger partial charge is 0.497 e. The molecule has 0 aromatic heterocycles. The molecule has 0 saturated carbocycles. The van der Waals surface area contributed by atoms with E-state index in [-0.39, 0.29) is 12.2 Å². The van der Waals surface area contributed by atoms with E-state index in [1.807, 2.05) is 12.1 Å². The molecule has 0 saturated heterocycles. The van der Waals surface area contributed by atoms with Gasteiger partial charge in [0.2, 0.25) is 0 Å². The van der Waals surface area contributed by atoms with Crippen LogP contribution in [0, 0.1) is 0 Å². The first-order valence-corrected chi connectivity index (χ1v) is 7.24. The van der Waals surface area contributed by atoms with Crippen molar-refractivity contribution in [3.8, 4) is 5.75 Å². The van der Waals surface area contributed by atoms with Gasteiger partial charge in [0.1, 0.15) is 12.0 Å². The fourth-order valence-electron chi connectivity index (χ4n) is 1.91. The number of benzene rings is 2. The summed E-state index contributed by atoms with van der Waals surface area (Å²) < 4.78 is 9.98. The zero-order valence-corrected chi connectivity index (χ0v) is 13.2. The summed E-state index contributed by atoms with van der Waals surface area (Å²) >= 11 is 0. The van der Waals surface area contributed by atoms with Crippen LogP contribution in [0.5, 0.6) is 5.75 Å². The van der Waals surface area contributed by atoms with Gasteiger partial charge in [-0.15, -0.1) is 0 Å². The molecule has 124 valence electrons. The third-order valence-electron chi connectivity index (χ3n) is 3.27. The van der Waals surface area contributed by atoms with Crippen LogP contribution in [0.1, 0.15) is 26.3 Å². The van der Waals surface area contributed by atoms with Gasteiger partial charge in [0.25, 0.3) is 5.91 Å².